The van der Waals surface area contributed by atoms with E-state index in [1.807, 2.05) is 138 Å². The van der Waals surface area contributed by atoms with E-state index in [0.717, 1.165) is 66.2 Å². The number of aryl methyl sites for hydroxylation is 2. The van der Waals surface area contributed by atoms with Crippen LogP contribution in [0.15, 0.2) is 121 Å². The highest BCUT2D eigenvalue weighted by atomic mass is 32.1. The van der Waals surface area contributed by atoms with Crippen LogP contribution in [0.25, 0.3) is 21.6 Å². The third-order valence-electron chi connectivity index (χ3n) is 18.1. The number of primary amides is 1. The van der Waals surface area contributed by atoms with Crippen molar-refractivity contribution in [1.82, 2.24) is 31.2 Å². The van der Waals surface area contributed by atoms with Gasteiger partial charge in [0, 0.05) is 38.3 Å². The molecule has 23 heteroatoms. The average molecular weight is 1330 g/mol. The molecule has 0 unspecified atom stereocenters. The van der Waals surface area contributed by atoms with Crippen molar-refractivity contribution in [3.63, 3.8) is 0 Å². The molecule has 1 fully saturated rings. The Labute approximate surface area is 564 Å². The van der Waals surface area contributed by atoms with Gasteiger partial charge in [0.15, 0.2) is 0 Å². The minimum atomic E-state index is -0.989. The first-order chi connectivity index (χ1) is 46.3. The largest absolute Gasteiger partial charge is 0.449 e. The van der Waals surface area contributed by atoms with Gasteiger partial charge in [0.2, 0.25) is 35.4 Å². The van der Waals surface area contributed by atoms with Crippen molar-refractivity contribution in [3.05, 3.63) is 165 Å². The van der Waals surface area contributed by atoms with E-state index < -0.39 is 83.5 Å². The number of alkyl carbamates (subject to hydrolysis) is 1. The van der Waals surface area contributed by atoms with E-state index in [4.69, 9.17) is 34.2 Å². The number of nitrogens with one attached hydrogen (secondary N) is 4. The Morgan fingerprint density at radius 1 is 0.750 bits per heavy atom. The smallest absolute Gasteiger partial charge is 0.407 e. The number of β-amino-alcohol motifs (C(OH)–C–C–N with tert-alkyl or cyclic N) is 1. The molecule has 7 amide bonds. The molecular weight excluding hydrogens is 1240 g/mol. The Kier molecular flexibility index (Phi) is 24.2. The summed E-state index contributed by atoms with van der Waals surface area (Å²) < 4.78 is 34.8. The minimum absolute atomic E-state index is 0.00209. The first kappa shape index (κ1) is 70.4. The Balaban J connectivity index is 0.590. The molecule has 5 aromatic carbocycles. The van der Waals surface area contributed by atoms with Gasteiger partial charge in [-0.25, -0.2) is 9.78 Å². The number of likely N-dealkylation sites (tertiary alicyclic amines) is 1. The molecule has 7 atom stereocenters. The number of anilines is 1. The zero-order chi connectivity index (χ0) is 67.9. The molecule has 96 heavy (non-hydrogen) atoms. The van der Waals surface area contributed by atoms with Gasteiger partial charge in [-0.15, -0.1) is 11.3 Å². The van der Waals surface area contributed by atoms with Crippen molar-refractivity contribution in [2.75, 3.05) is 70.9 Å². The summed E-state index contributed by atoms with van der Waals surface area (Å²) in [7, 11) is 0. The first-order valence-electron chi connectivity index (χ1n) is 33.0. The van der Waals surface area contributed by atoms with Gasteiger partial charge in [0.25, 0.3) is 0 Å². The number of hydrogen-bond donors (Lipinski definition) is 6. The predicted molar refractivity (Wildman–Crippen MR) is 361 cm³/mol. The maximum absolute atomic E-state index is 14.6. The monoisotopic (exact) mass is 1330 g/mol. The molecular formula is C73H88N8O14S. The number of rotatable bonds is 32. The van der Waals surface area contributed by atoms with Crippen LogP contribution in [0.4, 0.5) is 10.5 Å². The summed E-state index contributed by atoms with van der Waals surface area (Å²) in [6.45, 7) is 11.7. The van der Waals surface area contributed by atoms with Gasteiger partial charge in [0.1, 0.15) is 37.4 Å². The number of nitrogens with zero attached hydrogens (tertiary/aromatic N) is 3. The van der Waals surface area contributed by atoms with Crippen LogP contribution in [0.1, 0.15) is 104 Å². The van der Waals surface area contributed by atoms with Crippen molar-refractivity contribution >= 4 is 58.6 Å². The molecule has 6 aromatic rings. The Morgan fingerprint density at radius 2 is 1.39 bits per heavy atom. The topological polar surface area (TPSA) is 289 Å². The molecule has 0 saturated carbocycles. The number of hydrogen-bond acceptors (Lipinski definition) is 16. The average Bonchev–Trinajstić information content (AvgIpc) is 1.62. The van der Waals surface area contributed by atoms with E-state index in [1.165, 1.54) is 9.80 Å². The van der Waals surface area contributed by atoms with Crippen molar-refractivity contribution in [3.8, 4) is 21.6 Å². The Bertz CT molecular complexity index is 3640. The van der Waals surface area contributed by atoms with Crippen molar-refractivity contribution in [2.24, 2.45) is 11.1 Å². The lowest BCUT2D eigenvalue weighted by atomic mass is 9.85. The Hall–Kier alpha value is -8.42. The number of aliphatic hydroxyl groups is 1. The molecule has 10 rings (SSSR count). The maximum Gasteiger partial charge on any atom is 0.407 e. The quantitative estimate of drug-likeness (QED) is 0.0232. The molecule has 0 bridgehead atoms. The van der Waals surface area contributed by atoms with Gasteiger partial charge in [-0.2, -0.15) is 0 Å². The number of carbonyl (C=O) groups is 7. The fraction of sp³-hybridized carbons (Fsp3) is 0.452. The molecule has 22 nitrogen and oxygen atoms in total. The zero-order valence-corrected chi connectivity index (χ0v) is 56.0. The minimum Gasteiger partial charge on any atom is -0.449 e. The summed E-state index contributed by atoms with van der Waals surface area (Å²) in [5.74, 6) is -2.84. The third kappa shape index (κ3) is 18.0. The van der Waals surface area contributed by atoms with Crippen LogP contribution >= 0.6 is 11.3 Å². The SMILES string of the molecule is Cc1ncsc1-c1ccc(CNC(=O)[C@@H]2C[C@@H](O)CN2C(=O)[C@@H](NC(=O)COCCOCCOCCOCCc2ccc(CO[C@H](C)[C@H](CCC(N)=O)NC(=O)[C@@H]3Cc4cccc5c4N3C(=O)[C@@H](NC(=O)OCC3c4ccccc4-c4ccccc43)CC5)cc2)C(C)(C)C)cc1. The highest BCUT2D eigenvalue weighted by Crippen LogP contribution is 2.45. The van der Waals surface area contributed by atoms with Gasteiger partial charge in [-0.1, -0.05) is 136 Å². The third-order valence-corrected chi connectivity index (χ3v) is 19.1. The van der Waals surface area contributed by atoms with Crippen molar-refractivity contribution in [1.29, 1.82) is 0 Å². The highest BCUT2D eigenvalue weighted by molar-refractivity contribution is 7.13. The number of benzene rings is 5. The van der Waals surface area contributed by atoms with E-state index in [-0.39, 0.29) is 83.6 Å². The van der Waals surface area contributed by atoms with Gasteiger partial charge < -0.3 is 65.4 Å². The lowest BCUT2D eigenvalue weighted by Crippen LogP contribution is -2.58. The summed E-state index contributed by atoms with van der Waals surface area (Å²) >= 11 is 1.56. The molecule has 1 aromatic heterocycles. The normalized spacial score (nSPS) is 18.2. The summed E-state index contributed by atoms with van der Waals surface area (Å²) in [6.07, 6.45) is -0.111. The second-order valence-electron chi connectivity index (χ2n) is 26.0. The van der Waals surface area contributed by atoms with Crippen LogP contribution in [-0.4, -0.2) is 165 Å². The first-order valence-corrected chi connectivity index (χ1v) is 33.9. The second kappa shape index (κ2) is 33.0. The summed E-state index contributed by atoms with van der Waals surface area (Å²) in [6, 6.07) is 33.3. The fourth-order valence-electron chi connectivity index (χ4n) is 12.9. The lowest BCUT2D eigenvalue weighted by molar-refractivity contribution is -0.144. The van der Waals surface area contributed by atoms with Gasteiger partial charge in [-0.05, 0) is 101 Å². The van der Waals surface area contributed by atoms with E-state index in [1.54, 1.807) is 16.8 Å². The number of nitrogens with two attached hydrogens (primary N) is 1. The number of ether oxygens (including phenoxy) is 6. The van der Waals surface area contributed by atoms with E-state index in [2.05, 4.69) is 38.4 Å². The molecule has 0 spiro atoms. The van der Waals surface area contributed by atoms with Crippen LogP contribution in [-0.2, 0) is 89.6 Å². The highest BCUT2D eigenvalue weighted by Gasteiger charge is 2.47. The van der Waals surface area contributed by atoms with Crippen molar-refractivity contribution < 1.29 is 67.1 Å². The number of thiazole rings is 1. The van der Waals surface area contributed by atoms with Crippen LogP contribution in [0, 0.1) is 12.3 Å². The van der Waals surface area contributed by atoms with E-state index in [0.29, 0.717) is 58.0 Å². The number of fused-ring (bicyclic) bond motifs is 3. The van der Waals surface area contributed by atoms with E-state index >= 15 is 0 Å². The second-order valence-corrected chi connectivity index (χ2v) is 26.8. The van der Waals surface area contributed by atoms with E-state index in [9.17, 15) is 38.7 Å². The number of para-hydroxylation sites is 1. The summed E-state index contributed by atoms with van der Waals surface area (Å²) in [4.78, 5) is 104. The Morgan fingerprint density at radius 3 is 2.04 bits per heavy atom. The van der Waals surface area contributed by atoms with Crippen LogP contribution in [0.2, 0.25) is 0 Å². The number of amides is 7. The number of aromatic nitrogens is 1. The fourth-order valence-corrected chi connectivity index (χ4v) is 13.7. The van der Waals surface area contributed by atoms with Gasteiger partial charge >= 0.3 is 6.09 Å². The molecule has 1 aliphatic carbocycles. The molecule has 0 radical (unpaired) electrons. The number of carbonyl (C=O) groups excluding carboxylic acids is 7. The van der Waals surface area contributed by atoms with Crippen LogP contribution in [0.3, 0.4) is 0 Å². The predicted octanol–water partition coefficient (Wildman–Crippen LogP) is 7.00. The van der Waals surface area contributed by atoms with Gasteiger partial charge in [-0.3, -0.25) is 33.7 Å². The molecule has 4 aliphatic rings. The molecule has 7 N–H and O–H groups in total. The lowest BCUT2D eigenvalue weighted by Gasteiger charge is -2.35. The molecule has 510 valence electrons. The zero-order valence-electron chi connectivity index (χ0n) is 55.2. The van der Waals surface area contributed by atoms with Crippen LogP contribution in [0.5, 0.6) is 0 Å². The maximum atomic E-state index is 14.6. The summed E-state index contributed by atoms with van der Waals surface area (Å²) in [5, 5.41) is 22.3. The molecule has 4 heterocycles. The van der Waals surface area contributed by atoms with Crippen LogP contribution < -0.4 is 31.9 Å². The summed E-state index contributed by atoms with van der Waals surface area (Å²) in [5.41, 5.74) is 18.3. The molecule has 3 aliphatic heterocycles. The van der Waals surface area contributed by atoms with Gasteiger partial charge in [0.05, 0.1) is 92.9 Å². The standard InChI is InChI=1S/C73H88N8O14S/c1-45-66(96-44-76-45)51-23-21-48(22-24-51)39-75-68(85)61-38-53(82)40-80(61)71(88)67(73(3,4)5)79-64(84)43-93-36-35-92-34-33-91-32-31-90-30-29-47-17-19-49(20-18-47)41-94-46(2)59(27-28-63(74)83)77-69(86)62-37-52-12-10-11-50-25-26-60(70(87)81(62)65(50)52)78-72(89)95-42-58-56-15-8-6-13-54(56)55-14-7-9-16-57(55)58/h6-24,44,46,53,58-62,67,82H,25-43H2,1-5H3,(H2,74,83)(H,75,85)(H,77,86)(H,78,89)(H,79,84)/t46-,53-,59+,60+,61+,62+,67-/m1/s1. The number of aliphatic hydroxyl groups excluding tert-OH is 1. The molecule has 1 saturated heterocycles. The van der Waals surface area contributed by atoms with Crippen molar-refractivity contribution in [2.45, 2.75) is 141 Å².